The summed E-state index contributed by atoms with van der Waals surface area (Å²) in [5.41, 5.74) is 0.0388. The van der Waals surface area contributed by atoms with Crippen LogP contribution >= 0.6 is 0 Å². The summed E-state index contributed by atoms with van der Waals surface area (Å²) >= 11 is 0. The number of imide groups is 1. The third-order valence-electron chi connectivity index (χ3n) is 2.08. The van der Waals surface area contributed by atoms with Gasteiger partial charge in [-0.05, 0) is 12.1 Å². The Kier molecular flexibility index (Phi) is 2.60. The molecule has 1 aromatic carbocycles. The molecule has 7 nitrogen and oxygen atoms in total. The molecule has 1 aliphatic rings. The van der Waals surface area contributed by atoms with Gasteiger partial charge in [0, 0.05) is 0 Å². The maximum atomic E-state index is 11.4. The number of fused-ring (bicyclic) bond motifs is 1. The summed E-state index contributed by atoms with van der Waals surface area (Å²) in [6, 6.07) is 4.13. The molecule has 2 amide bonds. The summed E-state index contributed by atoms with van der Waals surface area (Å²) in [6.45, 7) is 0. The van der Waals surface area contributed by atoms with Crippen molar-refractivity contribution in [3.8, 4) is 5.75 Å². The topological polar surface area (TPSA) is 109 Å². The van der Waals surface area contributed by atoms with Gasteiger partial charge in [0.1, 0.15) is 5.75 Å². The summed E-state index contributed by atoms with van der Waals surface area (Å²) < 4.78 is 35.9. The van der Waals surface area contributed by atoms with Gasteiger partial charge >= 0.3 is 10.1 Å². The highest BCUT2D eigenvalue weighted by atomic mass is 32.2. The van der Waals surface area contributed by atoms with Gasteiger partial charge in [0.2, 0.25) is 5.94 Å². The second kappa shape index (κ2) is 3.82. The molecule has 0 unspecified atom stereocenters. The second-order valence-electron chi connectivity index (χ2n) is 3.28. The van der Waals surface area contributed by atoms with Crippen molar-refractivity contribution in [3.05, 3.63) is 29.3 Å². The third kappa shape index (κ3) is 2.27. The normalized spacial score (nSPS) is 14.4. The number of nitrogens with one attached hydrogen (secondary N) is 1. The minimum Gasteiger partial charge on any atom is -0.474 e. The molecular formula is C9H6NO6S. The van der Waals surface area contributed by atoms with Crippen LogP contribution in [0.15, 0.2) is 18.2 Å². The molecule has 1 aromatic rings. The van der Waals surface area contributed by atoms with Gasteiger partial charge in [0.05, 0.1) is 11.1 Å². The van der Waals surface area contributed by atoms with Crippen LogP contribution in [0.5, 0.6) is 5.75 Å². The van der Waals surface area contributed by atoms with Crippen LogP contribution in [0.3, 0.4) is 0 Å². The van der Waals surface area contributed by atoms with Crippen molar-refractivity contribution in [1.82, 2.24) is 5.32 Å². The second-order valence-corrected chi connectivity index (χ2v) is 4.63. The summed E-state index contributed by atoms with van der Waals surface area (Å²) in [6.07, 6.45) is 0. The molecule has 1 heterocycles. The molecule has 0 fully saturated rings. The Balaban J connectivity index is 2.38. The zero-order valence-corrected chi connectivity index (χ0v) is 9.11. The molecule has 17 heavy (non-hydrogen) atoms. The number of rotatable bonds is 3. The Morgan fingerprint density at radius 1 is 1.18 bits per heavy atom. The summed E-state index contributed by atoms with van der Waals surface area (Å²) in [7, 11) is -4.56. The lowest BCUT2D eigenvalue weighted by molar-refractivity contribution is 0.0878. The van der Waals surface area contributed by atoms with E-state index in [2.05, 4.69) is 0 Å². The summed E-state index contributed by atoms with van der Waals surface area (Å²) in [5.74, 6) is -2.46. The van der Waals surface area contributed by atoms with Crippen molar-refractivity contribution in [2.24, 2.45) is 0 Å². The number of carbonyl (C=O) groups is 2. The van der Waals surface area contributed by atoms with Gasteiger partial charge in [-0.1, -0.05) is 10.6 Å². The Morgan fingerprint density at radius 2 is 1.88 bits per heavy atom. The van der Waals surface area contributed by atoms with E-state index < -0.39 is 27.9 Å². The van der Waals surface area contributed by atoms with Crippen LogP contribution in [0.1, 0.15) is 20.7 Å². The third-order valence-corrected chi connectivity index (χ3v) is 2.49. The highest BCUT2D eigenvalue weighted by Crippen LogP contribution is 2.26. The molecule has 0 atom stereocenters. The quantitative estimate of drug-likeness (QED) is 0.744. The fourth-order valence-corrected chi connectivity index (χ4v) is 1.71. The lowest BCUT2D eigenvalue weighted by atomic mass is 10.1. The Bertz CT molecular complexity index is 606. The predicted octanol–water partition coefficient (Wildman–Crippen LogP) is -0.333. The molecule has 0 spiro atoms. The van der Waals surface area contributed by atoms with E-state index in [1.165, 1.54) is 18.2 Å². The molecule has 1 aliphatic heterocycles. The average Bonchev–Trinajstić information content (AvgIpc) is 2.52. The van der Waals surface area contributed by atoms with E-state index in [-0.39, 0.29) is 16.9 Å². The van der Waals surface area contributed by atoms with Crippen LogP contribution in [0.4, 0.5) is 0 Å². The zero-order chi connectivity index (χ0) is 12.6. The highest BCUT2D eigenvalue weighted by molar-refractivity contribution is 7.85. The maximum absolute atomic E-state index is 11.4. The van der Waals surface area contributed by atoms with Crippen molar-refractivity contribution >= 4 is 21.9 Å². The van der Waals surface area contributed by atoms with E-state index in [4.69, 9.17) is 4.74 Å². The molecule has 0 aliphatic carbocycles. The zero-order valence-electron chi connectivity index (χ0n) is 8.30. The van der Waals surface area contributed by atoms with E-state index in [1.807, 2.05) is 5.32 Å². The minimum atomic E-state index is -4.56. The first kappa shape index (κ1) is 11.6. The van der Waals surface area contributed by atoms with E-state index >= 15 is 0 Å². The number of hydrogen-bond donors (Lipinski definition) is 1. The lowest BCUT2D eigenvalue weighted by Crippen LogP contribution is -2.20. The fourth-order valence-electron chi connectivity index (χ4n) is 1.44. The first-order valence-electron chi connectivity index (χ1n) is 4.43. The maximum Gasteiger partial charge on any atom is 0.330 e. The number of ether oxygens (including phenoxy) is 1. The molecule has 0 saturated carbocycles. The standard InChI is InChI=1S/C9H6NO6S/c11-8-5-2-1-3-6(7(5)9(12)10-8)16-4-17(13,14)15/h1-3H,4H2,(H,10,11,12). The minimum absolute atomic E-state index is 0.0545. The number of amides is 2. The Labute approximate surface area is 96.1 Å². The number of benzene rings is 1. The van der Waals surface area contributed by atoms with Crippen molar-refractivity contribution < 1.29 is 27.3 Å². The van der Waals surface area contributed by atoms with Crippen LogP contribution in [0.25, 0.3) is 0 Å². The molecule has 0 aromatic heterocycles. The van der Waals surface area contributed by atoms with Crippen LogP contribution in [-0.2, 0) is 14.7 Å². The van der Waals surface area contributed by atoms with E-state index in [9.17, 15) is 22.6 Å². The molecule has 0 bridgehead atoms. The number of carbonyl (C=O) groups excluding carboxylic acids is 2. The molecule has 89 valence electrons. The lowest BCUT2D eigenvalue weighted by Gasteiger charge is -2.06. The smallest absolute Gasteiger partial charge is 0.330 e. The van der Waals surface area contributed by atoms with Crippen molar-refractivity contribution in [2.45, 2.75) is 0 Å². The van der Waals surface area contributed by atoms with Crippen LogP contribution in [0, 0.1) is 0 Å². The molecule has 8 heteroatoms. The largest absolute Gasteiger partial charge is 0.474 e. The van der Waals surface area contributed by atoms with Crippen LogP contribution in [0.2, 0.25) is 0 Å². The molecule has 1 radical (unpaired) electrons. The average molecular weight is 256 g/mol. The van der Waals surface area contributed by atoms with E-state index in [0.29, 0.717) is 0 Å². The van der Waals surface area contributed by atoms with Gasteiger partial charge in [-0.3, -0.25) is 14.9 Å². The van der Waals surface area contributed by atoms with E-state index in [1.54, 1.807) is 0 Å². The summed E-state index contributed by atoms with van der Waals surface area (Å²) in [4.78, 5) is 22.6. The molecule has 1 N–H and O–H groups in total. The first-order chi connectivity index (χ1) is 7.88. The Morgan fingerprint density at radius 3 is 2.53 bits per heavy atom. The van der Waals surface area contributed by atoms with Crippen molar-refractivity contribution in [1.29, 1.82) is 0 Å². The van der Waals surface area contributed by atoms with Crippen molar-refractivity contribution in [3.63, 3.8) is 0 Å². The fraction of sp³-hybridized carbons (Fsp3) is 0.111. The molecule has 0 saturated heterocycles. The molecular weight excluding hydrogens is 250 g/mol. The van der Waals surface area contributed by atoms with Crippen LogP contribution < -0.4 is 10.1 Å². The first-order valence-corrected chi connectivity index (χ1v) is 6.01. The van der Waals surface area contributed by atoms with Gasteiger partial charge in [-0.25, -0.2) is 0 Å². The highest BCUT2D eigenvalue weighted by Gasteiger charge is 2.30. The Hall–Kier alpha value is -1.93. The SMILES string of the molecule is [O]S(=O)(=O)COc1cccc2c1C(=O)NC2=O. The molecule has 2 rings (SSSR count). The monoisotopic (exact) mass is 256 g/mol. The van der Waals surface area contributed by atoms with Gasteiger partial charge in [-0.2, -0.15) is 8.42 Å². The van der Waals surface area contributed by atoms with Gasteiger partial charge < -0.3 is 4.74 Å². The predicted molar refractivity (Wildman–Crippen MR) is 53.3 cm³/mol. The van der Waals surface area contributed by atoms with Gasteiger partial charge in [-0.15, -0.1) is 0 Å². The van der Waals surface area contributed by atoms with E-state index in [0.717, 1.165) is 0 Å². The van der Waals surface area contributed by atoms with Crippen LogP contribution in [-0.4, -0.2) is 26.2 Å². The van der Waals surface area contributed by atoms with Gasteiger partial charge in [0.25, 0.3) is 11.8 Å². The van der Waals surface area contributed by atoms with Crippen molar-refractivity contribution in [2.75, 3.05) is 5.94 Å². The van der Waals surface area contributed by atoms with Gasteiger partial charge in [0.15, 0.2) is 0 Å². The summed E-state index contributed by atoms with van der Waals surface area (Å²) in [5, 5.41) is 2.03. The number of hydrogen-bond acceptors (Lipinski definition) is 5.